The maximum Gasteiger partial charge on any atom is 0.159 e. The molecule has 0 atom stereocenters. The van der Waals surface area contributed by atoms with Crippen LogP contribution in [0.1, 0.15) is 22.3 Å². The van der Waals surface area contributed by atoms with Crippen LogP contribution in [0.4, 0.5) is 34.1 Å². The molecule has 3 nitrogen and oxygen atoms in total. The van der Waals surface area contributed by atoms with E-state index in [-0.39, 0.29) is 0 Å². The zero-order chi connectivity index (χ0) is 46.2. The van der Waals surface area contributed by atoms with E-state index in [0.717, 1.165) is 55.8 Å². The zero-order valence-electron chi connectivity index (χ0n) is 38.2. The van der Waals surface area contributed by atoms with Crippen LogP contribution < -0.4 is 9.80 Å². The van der Waals surface area contributed by atoms with Crippen LogP contribution in [0.2, 0.25) is 0 Å². The standard InChI is InChI=1S/C67H44N2O/c1-4-19-45(20-5-1)47-37-41-50(42-38-47)68(51-43-39-48(40-44-51)46-21-6-2-7-22-46)63-36-18-29-55-54-28-16-27-53(65(54)70-66(55)63)52-26-17-33-60-64(52)56-25-10-11-30-57(56)67(60)58-31-12-14-34-61(58)69(49-23-8-3-9-24-49)62-35-15-13-32-59(62)67/h1-44H. The first-order valence-electron chi connectivity index (χ1n) is 24.1. The number of para-hydroxylation sites is 5. The number of fused-ring (bicyclic) bond motifs is 12. The molecular formula is C67H44N2O. The molecular weight excluding hydrogens is 849 g/mol. The number of furan rings is 1. The lowest BCUT2D eigenvalue weighted by molar-refractivity contribution is 0.670. The van der Waals surface area contributed by atoms with Crippen LogP contribution in [0.5, 0.6) is 0 Å². The van der Waals surface area contributed by atoms with Crippen molar-refractivity contribution >= 4 is 56.1 Å². The second-order valence-corrected chi connectivity index (χ2v) is 18.3. The van der Waals surface area contributed by atoms with Crippen molar-refractivity contribution in [3.05, 3.63) is 289 Å². The van der Waals surface area contributed by atoms with E-state index >= 15 is 0 Å². The summed E-state index contributed by atoms with van der Waals surface area (Å²) in [4.78, 5) is 4.77. The van der Waals surface area contributed by atoms with Crippen molar-refractivity contribution in [2.75, 3.05) is 9.80 Å². The van der Waals surface area contributed by atoms with Gasteiger partial charge in [0, 0.05) is 33.4 Å². The Bertz CT molecular complexity index is 3800. The molecule has 0 bridgehead atoms. The summed E-state index contributed by atoms with van der Waals surface area (Å²) in [6, 6.07) is 96.9. The Morgan fingerprint density at radius 1 is 0.314 bits per heavy atom. The van der Waals surface area contributed by atoms with Crippen molar-refractivity contribution in [2.45, 2.75) is 5.41 Å². The fraction of sp³-hybridized carbons (Fsp3) is 0.0149. The van der Waals surface area contributed by atoms with Crippen LogP contribution in [0.15, 0.2) is 271 Å². The van der Waals surface area contributed by atoms with Crippen molar-refractivity contribution in [1.82, 2.24) is 0 Å². The number of benzene rings is 11. The van der Waals surface area contributed by atoms with Crippen LogP contribution in [-0.4, -0.2) is 0 Å². The summed E-state index contributed by atoms with van der Waals surface area (Å²) in [6.07, 6.45) is 0. The van der Waals surface area contributed by atoms with Crippen LogP contribution in [0.3, 0.4) is 0 Å². The Morgan fingerprint density at radius 2 is 0.757 bits per heavy atom. The molecule has 0 unspecified atom stereocenters. The fourth-order valence-corrected chi connectivity index (χ4v) is 11.7. The number of hydrogen-bond acceptors (Lipinski definition) is 3. The van der Waals surface area contributed by atoms with Gasteiger partial charge in [0.1, 0.15) is 5.58 Å². The molecule has 1 aliphatic heterocycles. The van der Waals surface area contributed by atoms with E-state index in [1.165, 1.54) is 67.0 Å². The summed E-state index contributed by atoms with van der Waals surface area (Å²) in [5.74, 6) is 0. The average molecular weight is 893 g/mol. The van der Waals surface area contributed by atoms with Gasteiger partial charge in [-0.25, -0.2) is 0 Å². The third-order valence-electron chi connectivity index (χ3n) is 14.7. The molecule has 2 heterocycles. The molecule has 1 spiro atoms. The number of nitrogens with zero attached hydrogens (tertiary/aromatic N) is 2. The van der Waals surface area contributed by atoms with Gasteiger partial charge in [-0.15, -0.1) is 0 Å². The van der Waals surface area contributed by atoms with Crippen molar-refractivity contribution in [3.8, 4) is 44.5 Å². The molecule has 70 heavy (non-hydrogen) atoms. The van der Waals surface area contributed by atoms with Gasteiger partial charge in [-0.2, -0.15) is 0 Å². The highest BCUT2D eigenvalue weighted by molar-refractivity contribution is 6.15. The summed E-state index contributed by atoms with van der Waals surface area (Å²) < 4.78 is 7.39. The van der Waals surface area contributed by atoms with Gasteiger partial charge in [-0.05, 0) is 116 Å². The Morgan fingerprint density at radius 3 is 1.37 bits per heavy atom. The lowest BCUT2D eigenvalue weighted by Gasteiger charge is -2.45. The molecule has 2 aliphatic rings. The van der Waals surface area contributed by atoms with E-state index in [4.69, 9.17) is 4.42 Å². The number of rotatable bonds is 7. The molecule has 1 aromatic heterocycles. The van der Waals surface area contributed by atoms with Crippen molar-refractivity contribution < 1.29 is 4.42 Å². The predicted octanol–water partition coefficient (Wildman–Crippen LogP) is 18.2. The van der Waals surface area contributed by atoms with Gasteiger partial charge in [-0.3, -0.25) is 0 Å². The third-order valence-corrected chi connectivity index (χ3v) is 14.7. The molecule has 0 fully saturated rings. The SMILES string of the molecule is c1ccc(-c2ccc(N(c3ccc(-c4ccccc4)cc3)c3cccc4c3oc3c(-c5cccc6c5-c5ccccc5C65c6ccccc6N(c6ccccc6)c6ccccc65)cccc34)cc2)cc1. The minimum atomic E-state index is -0.567. The van der Waals surface area contributed by atoms with Gasteiger partial charge >= 0.3 is 0 Å². The van der Waals surface area contributed by atoms with Gasteiger partial charge in [0.2, 0.25) is 0 Å². The second-order valence-electron chi connectivity index (χ2n) is 18.3. The molecule has 11 aromatic carbocycles. The van der Waals surface area contributed by atoms with Crippen molar-refractivity contribution in [2.24, 2.45) is 0 Å². The Balaban J connectivity index is 0.969. The van der Waals surface area contributed by atoms with Gasteiger partial charge in [0.25, 0.3) is 0 Å². The summed E-state index contributed by atoms with van der Waals surface area (Å²) >= 11 is 0. The van der Waals surface area contributed by atoms with Crippen LogP contribution >= 0.6 is 0 Å². The van der Waals surface area contributed by atoms with E-state index in [1.54, 1.807) is 0 Å². The molecule has 0 saturated heterocycles. The lowest BCUT2D eigenvalue weighted by atomic mass is 9.64. The smallest absolute Gasteiger partial charge is 0.159 e. The largest absolute Gasteiger partial charge is 0.453 e. The quantitative estimate of drug-likeness (QED) is 0.159. The molecule has 12 aromatic rings. The molecule has 3 heteroatoms. The molecule has 0 amide bonds. The van der Waals surface area contributed by atoms with Gasteiger partial charge in [0.05, 0.1) is 22.5 Å². The van der Waals surface area contributed by atoms with E-state index in [9.17, 15) is 0 Å². The van der Waals surface area contributed by atoms with Crippen LogP contribution in [0.25, 0.3) is 66.4 Å². The maximum atomic E-state index is 7.39. The monoisotopic (exact) mass is 892 g/mol. The minimum Gasteiger partial charge on any atom is -0.453 e. The fourth-order valence-electron chi connectivity index (χ4n) is 11.7. The normalized spacial score (nSPS) is 12.9. The first kappa shape index (κ1) is 39.9. The van der Waals surface area contributed by atoms with Gasteiger partial charge < -0.3 is 14.2 Å². The maximum absolute atomic E-state index is 7.39. The van der Waals surface area contributed by atoms with E-state index < -0.39 is 5.41 Å². The second kappa shape index (κ2) is 16.0. The topological polar surface area (TPSA) is 19.6 Å². The number of anilines is 6. The summed E-state index contributed by atoms with van der Waals surface area (Å²) in [5, 5.41) is 2.15. The molecule has 0 radical (unpaired) electrons. The van der Waals surface area contributed by atoms with E-state index in [1.807, 2.05) is 0 Å². The Labute approximate surface area is 407 Å². The molecule has 328 valence electrons. The average Bonchev–Trinajstić information content (AvgIpc) is 3.97. The van der Waals surface area contributed by atoms with E-state index in [0.29, 0.717) is 0 Å². The zero-order valence-corrected chi connectivity index (χ0v) is 38.2. The number of hydrogen-bond donors (Lipinski definition) is 0. The lowest BCUT2D eigenvalue weighted by Crippen LogP contribution is -2.36. The van der Waals surface area contributed by atoms with Gasteiger partial charge in [-0.1, -0.05) is 212 Å². The highest BCUT2D eigenvalue weighted by Gasteiger charge is 2.52. The third kappa shape index (κ3) is 5.95. The first-order chi connectivity index (χ1) is 34.8. The molecule has 1 aliphatic carbocycles. The Hall–Kier alpha value is -9.18. The highest BCUT2D eigenvalue weighted by Crippen LogP contribution is 2.64. The van der Waals surface area contributed by atoms with Crippen LogP contribution in [-0.2, 0) is 5.41 Å². The van der Waals surface area contributed by atoms with Crippen molar-refractivity contribution in [1.29, 1.82) is 0 Å². The summed E-state index contributed by atoms with van der Waals surface area (Å²) in [6.45, 7) is 0. The Kier molecular flexibility index (Phi) is 9.11. The first-order valence-corrected chi connectivity index (χ1v) is 24.1. The molecule has 0 N–H and O–H groups in total. The van der Waals surface area contributed by atoms with Crippen LogP contribution in [0, 0.1) is 0 Å². The summed E-state index contributed by atoms with van der Waals surface area (Å²) in [5.41, 5.74) is 22.2. The van der Waals surface area contributed by atoms with Gasteiger partial charge in [0.15, 0.2) is 5.58 Å². The predicted molar refractivity (Wildman–Crippen MR) is 290 cm³/mol. The minimum absolute atomic E-state index is 0.567. The van der Waals surface area contributed by atoms with E-state index in [2.05, 4.69) is 277 Å². The highest BCUT2D eigenvalue weighted by atomic mass is 16.3. The molecule has 14 rings (SSSR count). The molecule has 0 saturated carbocycles. The summed E-state index contributed by atoms with van der Waals surface area (Å²) in [7, 11) is 0. The van der Waals surface area contributed by atoms with Crippen molar-refractivity contribution in [3.63, 3.8) is 0 Å².